The molecule has 2 N–H and O–H groups in total. The van der Waals surface area contributed by atoms with Gasteiger partial charge in [0, 0.05) is 11.9 Å². The average Bonchev–Trinajstić information content (AvgIpc) is 2.61. The zero-order valence-corrected chi connectivity index (χ0v) is 11.4. The van der Waals surface area contributed by atoms with Crippen LogP contribution in [0.3, 0.4) is 0 Å². The lowest BCUT2D eigenvalue weighted by Crippen LogP contribution is -2.45. The van der Waals surface area contributed by atoms with E-state index >= 15 is 0 Å². The van der Waals surface area contributed by atoms with Crippen molar-refractivity contribution in [3.63, 3.8) is 0 Å². The Labute approximate surface area is 119 Å². The first-order valence-electron chi connectivity index (χ1n) is 6.30. The van der Waals surface area contributed by atoms with Crippen LogP contribution in [0.25, 0.3) is 0 Å². The first kappa shape index (κ1) is 16.0. The number of aliphatic hydroxyl groups excluding tert-OH is 1. The quantitative estimate of drug-likeness (QED) is 0.733. The van der Waals surface area contributed by atoms with Crippen molar-refractivity contribution >= 4 is 7.12 Å². The Morgan fingerprint density at radius 1 is 1.62 bits per heavy atom. The number of ether oxygens (including phenoxy) is 1. The molecule has 0 spiro atoms. The number of hydrogen-bond acceptors (Lipinski definition) is 6. The van der Waals surface area contributed by atoms with E-state index in [4.69, 9.17) is 19.5 Å². The van der Waals surface area contributed by atoms with E-state index in [1.54, 1.807) is 6.92 Å². The highest BCUT2D eigenvalue weighted by molar-refractivity contribution is 6.40. The molecule has 10 heteroatoms. The van der Waals surface area contributed by atoms with Gasteiger partial charge >= 0.3 is 18.7 Å². The van der Waals surface area contributed by atoms with Crippen molar-refractivity contribution in [1.82, 2.24) is 9.55 Å². The van der Waals surface area contributed by atoms with Crippen molar-refractivity contribution in [3.05, 3.63) is 28.4 Å². The zero-order valence-electron chi connectivity index (χ0n) is 11.4. The monoisotopic (exact) mass is 304 g/mol. The molecule has 1 saturated heterocycles. The number of aliphatic hydroxyl groups is 1. The van der Waals surface area contributed by atoms with Gasteiger partial charge in [0.05, 0.1) is 6.61 Å². The average molecular weight is 304 g/mol. The summed E-state index contributed by atoms with van der Waals surface area (Å²) in [7, 11) is -1.47. The summed E-state index contributed by atoms with van der Waals surface area (Å²) in [5, 5.41) is 18.3. The van der Waals surface area contributed by atoms with Gasteiger partial charge in [-0.25, -0.2) is 4.79 Å². The maximum absolute atomic E-state index is 14.4. The summed E-state index contributed by atoms with van der Waals surface area (Å²) in [4.78, 5) is 15.3. The number of aryl methyl sites for hydroxylation is 1. The Kier molecular flexibility index (Phi) is 4.42. The van der Waals surface area contributed by atoms with Gasteiger partial charge in [0.15, 0.2) is 0 Å². The molecule has 3 unspecified atom stereocenters. The smallest absolute Gasteiger partial charge is 0.427 e. The standard InChI is InChI=1S/C11H15BF2N2O5/c1-6-3-4-16(10(18)15-6)9-11(13,14)8(21-12(2)19)7(5-17)20-9/h3-4,7-9,17,19H,5H2,1-2H3. The number of rotatable bonds is 4. The Morgan fingerprint density at radius 2 is 2.29 bits per heavy atom. The lowest BCUT2D eigenvalue weighted by atomic mass is 9.94. The first-order chi connectivity index (χ1) is 9.77. The van der Waals surface area contributed by atoms with Crippen LogP contribution in [0.5, 0.6) is 0 Å². The maximum Gasteiger partial charge on any atom is 0.451 e. The molecule has 21 heavy (non-hydrogen) atoms. The molecule has 1 aromatic rings. The fourth-order valence-corrected chi connectivity index (χ4v) is 2.17. The van der Waals surface area contributed by atoms with E-state index in [-0.39, 0.29) is 0 Å². The second-order valence-corrected chi connectivity index (χ2v) is 4.80. The van der Waals surface area contributed by atoms with Crippen molar-refractivity contribution in [2.24, 2.45) is 0 Å². The van der Waals surface area contributed by atoms with E-state index in [1.165, 1.54) is 6.07 Å². The van der Waals surface area contributed by atoms with Gasteiger partial charge in [-0.2, -0.15) is 13.8 Å². The van der Waals surface area contributed by atoms with Crippen LogP contribution < -0.4 is 5.69 Å². The van der Waals surface area contributed by atoms with Crippen LogP contribution >= 0.6 is 0 Å². The SMILES string of the molecule is CB(O)OC1C(CO)OC(n2ccc(C)nc2=O)C1(F)F. The third-order valence-corrected chi connectivity index (χ3v) is 3.10. The Bertz CT molecular complexity index is 568. The van der Waals surface area contributed by atoms with Gasteiger partial charge in [-0.15, -0.1) is 0 Å². The van der Waals surface area contributed by atoms with Crippen LogP contribution in [0, 0.1) is 6.92 Å². The second-order valence-electron chi connectivity index (χ2n) is 4.80. The van der Waals surface area contributed by atoms with Crippen LogP contribution in [0.1, 0.15) is 11.9 Å². The molecule has 1 aliphatic heterocycles. The van der Waals surface area contributed by atoms with Crippen LogP contribution in [0.4, 0.5) is 8.78 Å². The third kappa shape index (κ3) is 2.98. The van der Waals surface area contributed by atoms with E-state index < -0.39 is 43.8 Å². The van der Waals surface area contributed by atoms with Gasteiger partial charge in [0.25, 0.3) is 0 Å². The Hall–Kier alpha value is -1.36. The zero-order chi connectivity index (χ0) is 15.8. The molecular weight excluding hydrogens is 289 g/mol. The topological polar surface area (TPSA) is 93.8 Å². The summed E-state index contributed by atoms with van der Waals surface area (Å²) in [5.74, 6) is -3.62. The number of alkyl halides is 2. The van der Waals surface area contributed by atoms with Crippen molar-refractivity contribution in [1.29, 1.82) is 0 Å². The molecule has 0 radical (unpaired) electrons. The van der Waals surface area contributed by atoms with E-state index in [1.807, 2.05) is 0 Å². The van der Waals surface area contributed by atoms with Gasteiger partial charge in [-0.3, -0.25) is 4.57 Å². The van der Waals surface area contributed by atoms with Gasteiger partial charge in [0.1, 0.15) is 12.2 Å². The summed E-state index contributed by atoms with van der Waals surface area (Å²) in [6.07, 6.45) is -4.06. The molecule has 116 valence electrons. The predicted octanol–water partition coefficient (Wildman–Crippen LogP) is -0.428. The van der Waals surface area contributed by atoms with Gasteiger partial charge in [-0.05, 0) is 19.8 Å². The minimum absolute atomic E-state index is 0.382. The van der Waals surface area contributed by atoms with Gasteiger partial charge in [-0.1, -0.05) is 0 Å². The van der Waals surface area contributed by atoms with E-state index in [0.717, 1.165) is 13.0 Å². The molecule has 2 heterocycles. The van der Waals surface area contributed by atoms with Crippen LogP contribution in [-0.2, 0) is 9.39 Å². The predicted molar refractivity (Wildman–Crippen MR) is 67.9 cm³/mol. The van der Waals surface area contributed by atoms with Crippen molar-refractivity contribution in [3.8, 4) is 0 Å². The Morgan fingerprint density at radius 3 is 2.81 bits per heavy atom. The summed E-state index contributed by atoms with van der Waals surface area (Å²) >= 11 is 0. The normalized spacial score (nSPS) is 27.8. The number of halogens is 2. The molecule has 0 aliphatic carbocycles. The molecule has 0 saturated carbocycles. The summed E-state index contributed by atoms with van der Waals surface area (Å²) in [6.45, 7) is 1.98. The highest BCUT2D eigenvalue weighted by Crippen LogP contribution is 2.43. The highest BCUT2D eigenvalue weighted by Gasteiger charge is 2.61. The lowest BCUT2D eigenvalue weighted by Gasteiger charge is -2.24. The number of nitrogens with zero attached hydrogens (tertiary/aromatic N) is 2. The van der Waals surface area contributed by atoms with Crippen LogP contribution in [-0.4, -0.2) is 51.5 Å². The first-order valence-corrected chi connectivity index (χ1v) is 6.30. The minimum atomic E-state index is -3.62. The fourth-order valence-electron chi connectivity index (χ4n) is 2.17. The molecule has 0 amide bonds. The molecule has 0 aromatic carbocycles. The fraction of sp³-hybridized carbons (Fsp3) is 0.636. The second kappa shape index (κ2) is 5.80. The van der Waals surface area contributed by atoms with Gasteiger partial charge < -0.3 is 19.5 Å². The highest BCUT2D eigenvalue weighted by atomic mass is 19.3. The minimum Gasteiger partial charge on any atom is -0.427 e. The van der Waals surface area contributed by atoms with Crippen molar-refractivity contribution in [2.75, 3.05) is 6.61 Å². The number of aromatic nitrogens is 2. The molecule has 1 aliphatic rings. The molecule has 0 bridgehead atoms. The molecule has 3 atom stereocenters. The lowest BCUT2D eigenvalue weighted by molar-refractivity contribution is -0.138. The third-order valence-electron chi connectivity index (χ3n) is 3.10. The van der Waals surface area contributed by atoms with Crippen LogP contribution in [0.15, 0.2) is 17.1 Å². The van der Waals surface area contributed by atoms with E-state index in [2.05, 4.69) is 4.98 Å². The maximum atomic E-state index is 14.4. The molecular formula is C11H15BF2N2O5. The summed E-state index contributed by atoms with van der Waals surface area (Å²) in [6, 6.07) is 1.39. The Balaban J connectivity index is 2.39. The summed E-state index contributed by atoms with van der Waals surface area (Å²) in [5.41, 5.74) is -0.512. The number of hydrogen-bond donors (Lipinski definition) is 2. The molecule has 1 fully saturated rings. The van der Waals surface area contributed by atoms with E-state index in [0.29, 0.717) is 10.3 Å². The summed E-state index contributed by atoms with van der Waals surface area (Å²) < 4.78 is 39.2. The van der Waals surface area contributed by atoms with Crippen molar-refractivity contribution in [2.45, 2.75) is 38.1 Å². The van der Waals surface area contributed by atoms with Crippen LogP contribution in [0.2, 0.25) is 6.82 Å². The van der Waals surface area contributed by atoms with Crippen molar-refractivity contribution < 1.29 is 28.3 Å². The van der Waals surface area contributed by atoms with E-state index in [9.17, 15) is 13.6 Å². The molecule has 2 rings (SSSR count). The largest absolute Gasteiger partial charge is 0.451 e. The van der Waals surface area contributed by atoms with Gasteiger partial charge in [0.2, 0.25) is 6.23 Å². The molecule has 7 nitrogen and oxygen atoms in total. The molecule has 1 aromatic heterocycles.